The molecule has 0 unspecified atom stereocenters. The third-order valence-corrected chi connectivity index (χ3v) is 5.26. The molecule has 0 bridgehead atoms. The average Bonchev–Trinajstić information content (AvgIpc) is 3.47. The summed E-state index contributed by atoms with van der Waals surface area (Å²) >= 11 is 0. The summed E-state index contributed by atoms with van der Waals surface area (Å²) in [5.41, 5.74) is 3.71. The summed E-state index contributed by atoms with van der Waals surface area (Å²) in [4.78, 5) is 12.9. The molecule has 3 heteroatoms. The Morgan fingerprint density at radius 1 is 1.04 bits per heavy atom. The molecule has 1 fully saturated rings. The molecule has 1 saturated carbocycles. The number of nitrogens with one attached hydrogen (secondary N) is 1. The molecular weight excluding hydrogens is 320 g/mol. The van der Waals surface area contributed by atoms with Gasteiger partial charge in [-0.05, 0) is 24.8 Å². The second kappa shape index (κ2) is 8.50. The normalized spacial score (nSPS) is 16.3. The van der Waals surface area contributed by atoms with Crippen molar-refractivity contribution in [2.45, 2.75) is 58.2 Å². The van der Waals surface area contributed by atoms with E-state index in [9.17, 15) is 4.79 Å². The van der Waals surface area contributed by atoms with Crippen molar-refractivity contribution in [3.8, 4) is 0 Å². The van der Waals surface area contributed by atoms with E-state index in [4.69, 9.17) is 0 Å². The first kappa shape index (κ1) is 18.7. The molecule has 3 nitrogen and oxygen atoms in total. The molecule has 0 radical (unpaired) electrons. The Morgan fingerprint density at radius 3 is 2.23 bits per heavy atom. The van der Waals surface area contributed by atoms with Crippen LogP contribution in [0.1, 0.15) is 62.4 Å². The number of aryl methyl sites for hydroxylation is 1. The van der Waals surface area contributed by atoms with Gasteiger partial charge in [0.05, 0.1) is 0 Å². The zero-order valence-electron chi connectivity index (χ0n) is 16.1. The van der Waals surface area contributed by atoms with Crippen molar-refractivity contribution in [2.75, 3.05) is 0 Å². The average molecular weight is 352 g/mol. The fraction of sp³-hybridized carbons (Fsp3) is 0.435. The van der Waals surface area contributed by atoms with Gasteiger partial charge >= 0.3 is 0 Å². The maximum Gasteiger partial charge on any atom is 0.283 e. The summed E-state index contributed by atoms with van der Waals surface area (Å²) in [6.45, 7) is 6.64. The highest BCUT2D eigenvalue weighted by molar-refractivity contribution is 5.82. The predicted molar refractivity (Wildman–Crippen MR) is 106 cm³/mol. The van der Waals surface area contributed by atoms with Crippen LogP contribution in [-0.4, -0.2) is 11.9 Å². The first-order chi connectivity index (χ1) is 12.6. The number of carbonyl (C=O) groups is 1. The molecule has 0 saturated heterocycles. The lowest BCUT2D eigenvalue weighted by Crippen LogP contribution is -2.89. The van der Waals surface area contributed by atoms with Crippen LogP contribution in [0.5, 0.6) is 0 Å². The molecular formula is C23H31N2O+. The van der Waals surface area contributed by atoms with Crippen LogP contribution in [-0.2, 0) is 11.2 Å². The van der Waals surface area contributed by atoms with Crippen molar-refractivity contribution in [3.05, 3.63) is 71.3 Å². The lowest BCUT2D eigenvalue weighted by molar-refractivity contribution is -0.728. The first-order valence-corrected chi connectivity index (χ1v) is 9.87. The Morgan fingerprint density at radius 2 is 1.69 bits per heavy atom. The van der Waals surface area contributed by atoms with Gasteiger partial charge in [0.15, 0.2) is 6.04 Å². The van der Waals surface area contributed by atoms with E-state index in [2.05, 4.69) is 67.8 Å². The second-order valence-electron chi connectivity index (χ2n) is 7.73. The standard InChI is InChI=1S/C23H30N2O/c1-4-17-10-12-19(13-11-17)21(16(2)3)25-22(18-8-6-5-7-9-18)23(26)24-20-14-15-20/h5-13,16,20-22,25H,4,14-15H2,1-3H3,(H,24,26)/p+1/t21-,22+/m0/s1. The maximum atomic E-state index is 12.9. The van der Waals surface area contributed by atoms with Gasteiger partial charge < -0.3 is 10.6 Å². The van der Waals surface area contributed by atoms with Crippen LogP contribution in [0.3, 0.4) is 0 Å². The summed E-state index contributed by atoms with van der Waals surface area (Å²) in [6.07, 6.45) is 3.27. The number of carbonyl (C=O) groups excluding carboxylic acids is 1. The Hall–Kier alpha value is -2.13. The third-order valence-electron chi connectivity index (χ3n) is 5.26. The fourth-order valence-corrected chi connectivity index (χ4v) is 3.43. The molecule has 0 aliphatic heterocycles. The van der Waals surface area contributed by atoms with Gasteiger partial charge in [0.1, 0.15) is 6.04 Å². The van der Waals surface area contributed by atoms with E-state index in [0.29, 0.717) is 12.0 Å². The number of rotatable bonds is 8. The zero-order valence-corrected chi connectivity index (χ0v) is 16.1. The van der Waals surface area contributed by atoms with Crippen LogP contribution in [0.4, 0.5) is 0 Å². The van der Waals surface area contributed by atoms with Crippen molar-refractivity contribution in [3.63, 3.8) is 0 Å². The molecule has 26 heavy (non-hydrogen) atoms. The number of hydrogen-bond acceptors (Lipinski definition) is 1. The zero-order chi connectivity index (χ0) is 18.5. The van der Waals surface area contributed by atoms with Gasteiger partial charge in [-0.3, -0.25) is 4.79 Å². The molecule has 138 valence electrons. The molecule has 3 N–H and O–H groups in total. The Balaban J connectivity index is 1.84. The van der Waals surface area contributed by atoms with Crippen molar-refractivity contribution in [1.82, 2.24) is 5.32 Å². The lowest BCUT2D eigenvalue weighted by Gasteiger charge is -2.25. The van der Waals surface area contributed by atoms with E-state index in [1.54, 1.807) is 0 Å². The summed E-state index contributed by atoms with van der Waals surface area (Å²) in [6, 6.07) is 19.4. The largest absolute Gasteiger partial charge is 0.348 e. The van der Waals surface area contributed by atoms with Gasteiger partial charge in [0, 0.05) is 23.1 Å². The molecule has 1 amide bonds. The van der Waals surface area contributed by atoms with Crippen molar-refractivity contribution in [1.29, 1.82) is 0 Å². The Bertz CT molecular complexity index is 705. The topological polar surface area (TPSA) is 45.7 Å². The van der Waals surface area contributed by atoms with Crippen molar-refractivity contribution in [2.24, 2.45) is 5.92 Å². The molecule has 0 spiro atoms. The van der Waals surface area contributed by atoms with Gasteiger partial charge in [0.25, 0.3) is 5.91 Å². The van der Waals surface area contributed by atoms with Crippen LogP contribution in [0.15, 0.2) is 54.6 Å². The second-order valence-corrected chi connectivity index (χ2v) is 7.73. The number of nitrogens with two attached hydrogens (primary N) is 1. The lowest BCUT2D eigenvalue weighted by atomic mass is 9.93. The highest BCUT2D eigenvalue weighted by Crippen LogP contribution is 2.23. The van der Waals surface area contributed by atoms with Crippen LogP contribution >= 0.6 is 0 Å². The minimum atomic E-state index is -0.213. The number of amides is 1. The van der Waals surface area contributed by atoms with E-state index in [-0.39, 0.29) is 18.0 Å². The van der Waals surface area contributed by atoms with Crippen molar-refractivity contribution < 1.29 is 10.1 Å². The van der Waals surface area contributed by atoms with Gasteiger partial charge in [-0.1, -0.05) is 75.4 Å². The molecule has 2 aromatic carbocycles. The summed E-state index contributed by atoms with van der Waals surface area (Å²) < 4.78 is 0. The highest BCUT2D eigenvalue weighted by atomic mass is 16.2. The van der Waals surface area contributed by atoms with Gasteiger partial charge in [-0.2, -0.15) is 0 Å². The molecule has 3 rings (SSSR count). The van der Waals surface area contributed by atoms with Crippen LogP contribution in [0, 0.1) is 5.92 Å². The summed E-state index contributed by atoms with van der Waals surface area (Å²) in [5.74, 6) is 0.567. The molecule has 1 aliphatic rings. The Labute approximate surface area is 157 Å². The smallest absolute Gasteiger partial charge is 0.283 e. The van der Waals surface area contributed by atoms with E-state index >= 15 is 0 Å². The van der Waals surface area contributed by atoms with Crippen LogP contribution in [0.2, 0.25) is 0 Å². The molecule has 2 aromatic rings. The SMILES string of the molecule is CCc1ccc([C@@H]([NH2+][C@@H](C(=O)NC2CC2)c2ccccc2)C(C)C)cc1. The molecule has 1 aliphatic carbocycles. The third kappa shape index (κ3) is 4.73. The quantitative estimate of drug-likeness (QED) is 0.751. The van der Waals surface area contributed by atoms with Gasteiger partial charge in [0.2, 0.25) is 0 Å². The molecule has 0 heterocycles. The predicted octanol–water partition coefficient (Wildman–Crippen LogP) is 3.53. The van der Waals surface area contributed by atoms with Crippen LogP contribution in [0.25, 0.3) is 0 Å². The minimum Gasteiger partial charge on any atom is -0.348 e. The minimum absolute atomic E-state index is 0.134. The molecule has 2 atom stereocenters. The summed E-state index contributed by atoms with van der Waals surface area (Å²) in [5, 5.41) is 5.44. The maximum absolute atomic E-state index is 12.9. The van der Waals surface area contributed by atoms with E-state index < -0.39 is 0 Å². The van der Waals surface area contributed by atoms with Crippen LogP contribution < -0.4 is 10.6 Å². The van der Waals surface area contributed by atoms with E-state index in [1.807, 2.05) is 18.2 Å². The highest BCUT2D eigenvalue weighted by Gasteiger charge is 2.33. The monoisotopic (exact) mass is 351 g/mol. The first-order valence-electron chi connectivity index (χ1n) is 9.87. The molecule has 0 aromatic heterocycles. The number of benzene rings is 2. The van der Waals surface area contributed by atoms with Gasteiger partial charge in [-0.15, -0.1) is 0 Å². The number of hydrogen-bond donors (Lipinski definition) is 2. The summed E-state index contributed by atoms with van der Waals surface area (Å²) in [7, 11) is 0. The number of quaternary nitrogens is 1. The van der Waals surface area contributed by atoms with Crippen molar-refractivity contribution >= 4 is 5.91 Å². The van der Waals surface area contributed by atoms with Gasteiger partial charge in [-0.25, -0.2) is 0 Å². The fourth-order valence-electron chi connectivity index (χ4n) is 3.43. The van der Waals surface area contributed by atoms with E-state index in [0.717, 1.165) is 24.8 Å². The van der Waals surface area contributed by atoms with E-state index in [1.165, 1.54) is 11.1 Å². The Kier molecular flexibility index (Phi) is 6.10.